The second-order valence-electron chi connectivity index (χ2n) is 4.87. The van der Waals surface area contributed by atoms with E-state index < -0.39 is 0 Å². The van der Waals surface area contributed by atoms with Crippen molar-refractivity contribution in [3.8, 4) is 0 Å². The summed E-state index contributed by atoms with van der Waals surface area (Å²) in [6.45, 7) is 4.66. The van der Waals surface area contributed by atoms with Crippen molar-refractivity contribution in [1.82, 2.24) is 20.4 Å². The summed E-state index contributed by atoms with van der Waals surface area (Å²) in [5.41, 5.74) is 1.13. The number of hydrogen-bond donors (Lipinski definition) is 2. The van der Waals surface area contributed by atoms with Crippen molar-refractivity contribution in [3.63, 3.8) is 0 Å². The van der Waals surface area contributed by atoms with Crippen LogP contribution in [-0.4, -0.2) is 48.0 Å². The summed E-state index contributed by atoms with van der Waals surface area (Å²) in [6.07, 6.45) is 4.59. The molecule has 2 unspecified atom stereocenters. The molecule has 1 fully saturated rings. The van der Waals surface area contributed by atoms with Gasteiger partial charge >= 0.3 is 0 Å². The van der Waals surface area contributed by atoms with Crippen LogP contribution in [0.5, 0.6) is 0 Å². The highest BCUT2D eigenvalue weighted by atomic mass is 16.5. The van der Waals surface area contributed by atoms with Gasteiger partial charge in [-0.05, 0) is 18.5 Å². The molecule has 1 amide bonds. The first-order chi connectivity index (χ1) is 9.20. The Morgan fingerprint density at radius 1 is 1.58 bits per heavy atom. The Balaban J connectivity index is 1.74. The summed E-state index contributed by atoms with van der Waals surface area (Å²) in [7, 11) is 1.89. The van der Waals surface area contributed by atoms with E-state index in [0.717, 1.165) is 18.5 Å². The molecule has 2 heterocycles. The van der Waals surface area contributed by atoms with E-state index in [4.69, 9.17) is 4.74 Å². The first kappa shape index (κ1) is 14.0. The van der Waals surface area contributed by atoms with Crippen LogP contribution >= 0.6 is 0 Å². The minimum Gasteiger partial charge on any atom is -0.379 e. The molecule has 0 aromatic carbocycles. The molecule has 0 aliphatic carbocycles. The zero-order valence-electron chi connectivity index (χ0n) is 11.6. The van der Waals surface area contributed by atoms with E-state index in [1.807, 2.05) is 26.4 Å². The van der Waals surface area contributed by atoms with E-state index >= 15 is 0 Å². The molecule has 2 rings (SSSR count). The van der Waals surface area contributed by atoms with Gasteiger partial charge in [-0.3, -0.25) is 9.48 Å². The molecule has 0 bridgehead atoms. The summed E-state index contributed by atoms with van der Waals surface area (Å²) < 4.78 is 7.14. The maximum Gasteiger partial charge on any atom is 0.227 e. The van der Waals surface area contributed by atoms with Gasteiger partial charge in [-0.1, -0.05) is 6.92 Å². The van der Waals surface area contributed by atoms with Crippen molar-refractivity contribution in [2.24, 2.45) is 13.0 Å². The van der Waals surface area contributed by atoms with Crippen molar-refractivity contribution in [2.45, 2.75) is 19.4 Å². The van der Waals surface area contributed by atoms with Crippen LogP contribution < -0.4 is 10.6 Å². The Morgan fingerprint density at radius 2 is 2.42 bits per heavy atom. The zero-order chi connectivity index (χ0) is 13.7. The molecule has 6 heteroatoms. The monoisotopic (exact) mass is 266 g/mol. The first-order valence-electron chi connectivity index (χ1n) is 6.77. The molecule has 6 nitrogen and oxygen atoms in total. The fourth-order valence-electron chi connectivity index (χ4n) is 2.34. The number of hydrogen-bond acceptors (Lipinski definition) is 4. The van der Waals surface area contributed by atoms with Gasteiger partial charge in [-0.25, -0.2) is 0 Å². The van der Waals surface area contributed by atoms with E-state index in [1.165, 1.54) is 0 Å². The molecule has 1 aliphatic heterocycles. The standard InChI is InChI=1S/C13H22N4O2/c1-3-14-12-9-19-8-11(12)13(18)15-5-4-10-6-16-17(2)7-10/h6-7,11-12,14H,3-5,8-9H2,1-2H3,(H,15,18). The normalized spacial score (nSPS) is 22.6. The molecule has 1 aromatic rings. The van der Waals surface area contributed by atoms with Crippen LogP contribution in [0.15, 0.2) is 12.4 Å². The third-order valence-corrected chi connectivity index (χ3v) is 3.35. The second kappa shape index (κ2) is 6.68. The van der Waals surface area contributed by atoms with Crippen LogP contribution in [0.25, 0.3) is 0 Å². The van der Waals surface area contributed by atoms with Gasteiger partial charge in [-0.2, -0.15) is 5.10 Å². The molecule has 106 valence electrons. The summed E-state index contributed by atoms with van der Waals surface area (Å²) in [5, 5.41) is 10.4. The van der Waals surface area contributed by atoms with E-state index in [9.17, 15) is 4.79 Å². The average molecular weight is 266 g/mol. The van der Waals surface area contributed by atoms with Gasteiger partial charge in [-0.15, -0.1) is 0 Å². The lowest BCUT2D eigenvalue weighted by molar-refractivity contribution is -0.125. The lowest BCUT2D eigenvalue weighted by atomic mass is 10.0. The quantitative estimate of drug-likeness (QED) is 0.742. The number of likely N-dealkylation sites (N-methyl/N-ethyl adjacent to an activating group) is 1. The van der Waals surface area contributed by atoms with E-state index in [0.29, 0.717) is 19.8 Å². The van der Waals surface area contributed by atoms with Gasteiger partial charge in [0.1, 0.15) is 0 Å². The highest BCUT2D eigenvalue weighted by Gasteiger charge is 2.33. The topological polar surface area (TPSA) is 68.2 Å². The fourth-order valence-corrected chi connectivity index (χ4v) is 2.34. The third-order valence-electron chi connectivity index (χ3n) is 3.35. The maximum absolute atomic E-state index is 12.1. The summed E-state index contributed by atoms with van der Waals surface area (Å²) in [5.74, 6) is 0.00110. The van der Waals surface area contributed by atoms with Gasteiger partial charge in [0.05, 0.1) is 25.3 Å². The Labute approximate surface area is 113 Å². The van der Waals surface area contributed by atoms with E-state index in [2.05, 4.69) is 15.7 Å². The van der Waals surface area contributed by atoms with Crippen molar-refractivity contribution in [2.75, 3.05) is 26.3 Å². The number of ether oxygens (including phenoxy) is 1. The van der Waals surface area contributed by atoms with Crippen LogP contribution in [0.3, 0.4) is 0 Å². The van der Waals surface area contributed by atoms with Gasteiger partial charge in [0.2, 0.25) is 5.91 Å². The first-order valence-corrected chi connectivity index (χ1v) is 6.77. The van der Waals surface area contributed by atoms with Crippen molar-refractivity contribution in [1.29, 1.82) is 0 Å². The Hall–Kier alpha value is -1.40. The molecule has 0 radical (unpaired) electrons. The number of aromatic nitrogens is 2. The van der Waals surface area contributed by atoms with E-state index in [-0.39, 0.29) is 17.9 Å². The number of nitrogens with zero attached hydrogens (tertiary/aromatic N) is 2. The molecular weight excluding hydrogens is 244 g/mol. The number of rotatable bonds is 6. The largest absolute Gasteiger partial charge is 0.379 e. The number of nitrogens with one attached hydrogen (secondary N) is 2. The minimum absolute atomic E-state index is 0.0751. The Kier molecular flexibility index (Phi) is 4.93. The molecule has 2 atom stereocenters. The van der Waals surface area contributed by atoms with Gasteiger partial charge in [0.25, 0.3) is 0 Å². The third kappa shape index (κ3) is 3.78. The molecule has 2 N–H and O–H groups in total. The lowest BCUT2D eigenvalue weighted by Gasteiger charge is -2.17. The number of carbonyl (C=O) groups excluding carboxylic acids is 1. The number of amides is 1. The van der Waals surface area contributed by atoms with E-state index in [1.54, 1.807) is 4.68 Å². The van der Waals surface area contributed by atoms with Crippen molar-refractivity contribution in [3.05, 3.63) is 18.0 Å². The number of aryl methyl sites for hydroxylation is 1. The van der Waals surface area contributed by atoms with Gasteiger partial charge < -0.3 is 15.4 Å². The highest BCUT2D eigenvalue weighted by Crippen LogP contribution is 2.13. The van der Waals surface area contributed by atoms with Gasteiger partial charge in [0, 0.05) is 25.8 Å². The zero-order valence-corrected chi connectivity index (χ0v) is 11.6. The maximum atomic E-state index is 12.1. The Bertz CT molecular complexity index is 419. The van der Waals surface area contributed by atoms with Crippen LogP contribution in [0.1, 0.15) is 12.5 Å². The second-order valence-corrected chi connectivity index (χ2v) is 4.87. The summed E-state index contributed by atoms with van der Waals surface area (Å²) in [4.78, 5) is 12.1. The smallest absolute Gasteiger partial charge is 0.227 e. The predicted molar refractivity (Wildman–Crippen MR) is 71.7 cm³/mol. The molecule has 0 spiro atoms. The van der Waals surface area contributed by atoms with Crippen molar-refractivity contribution >= 4 is 5.91 Å². The molecule has 19 heavy (non-hydrogen) atoms. The fraction of sp³-hybridized carbons (Fsp3) is 0.692. The molecular formula is C13H22N4O2. The summed E-state index contributed by atoms with van der Waals surface area (Å²) >= 11 is 0. The summed E-state index contributed by atoms with van der Waals surface area (Å²) in [6, 6.07) is 0.142. The minimum atomic E-state index is -0.0751. The Morgan fingerprint density at radius 3 is 3.11 bits per heavy atom. The van der Waals surface area contributed by atoms with Crippen LogP contribution in [-0.2, 0) is 23.0 Å². The SMILES string of the molecule is CCNC1COCC1C(=O)NCCc1cnn(C)c1. The molecule has 1 aromatic heterocycles. The average Bonchev–Trinajstić information content (AvgIpc) is 2.99. The molecule has 0 saturated carbocycles. The van der Waals surface area contributed by atoms with Crippen LogP contribution in [0, 0.1) is 5.92 Å². The highest BCUT2D eigenvalue weighted by molar-refractivity contribution is 5.79. The van der Waals surface area contributed by atoms with Crippen LogP contribution in [0.2, 0.25) is 0 Å². The van der Waals surface area contributed by atoms with Crippen molar-refractivity contribution < 1.29 is 9.53 Å². The number of carbonyl (C=O) groups is 1. The molecule has 1 aliphatic rings. The van der Waals surface area contributed by atoms with Crippen LogP contribution in [0.4, 0.5) is 0 Å². The van der Waals surface area contributed by atoms with Gasteiger partial charge in [0.15, 0.2) is 0 Å². The molecule has 1 saturated heterocycles. The predicted octanol–water partition coefficient (Wildman–Crippen LogP) is -0.297. The lowest BCUT2D eigenvalue weighted by Crippen LogP contribution is -2.44.